The Balaban J connectivity index is 0.00000341. The Kier molecular flexibility index (Phi) is 9.54. The molecule has 0 unspecified atom stereocenters. The minimum Gasteiger partial charge on any atom is -0.356 e. The summed E-state index contributed by atoms with van der Waals surface area (Å²) < 4.78 is 38.7. The van der Waals surface area contributed by atoms with Gasteiger partial charge in [0.1, 0.15) is 0 Å². The molecule has 5 nitrogen and oxygen atoms in total. The maximum Gasteiger partial charge on any atom is 0.416 e. The maximum atomic E-state index is 12.9. The van der Waals surface area contributed by atoms with Crippen LogP contribution in [-0.2, 0) is 19.1 Å². The lowest BCUT2D eigenvalue weighted by atomic mass is 10.1. The summed E-state index contributed by atoms with van der Waals surface area (Å²) in [5.74, 6) is 0.862. The number of rotatable bonds is 5. The SMILES string of the molecule is CN=C(NCCc1ccncc1C)N1CCN(Cc2cccc(C(F)(F)F)c2)CC1.I. The van der Waals surface area contributed by atoms with E-state index >= 15 is 0 Å². The molecule has 1 aliphatic rings. The lowest BCUT2D eigenvalue weighted by molar-refractivity contribution is -0.137. The van der Waals surface area contributed by atoms with Crippen molar-refractivity contribution in [2.75, 3.05) is 39.8 Å². The van der Waals surface area contributed by atoms with Gasteiger partial charge in [-0.2, -0.15) is 13.2 Å². The Morgan fingerprint density at radius 2 is 1.90 bits per heavy atom. The molecule has 1 saturated heterocycles. The minimum absolute atomic E-state index is 0. The fourth-order valence-electron chi connectivity index (χ4n) is 3.65. The molecule has 1 aromatic carbocycles. The monoisotopic (exact) mass is 547 g/mol. The number of pyridine rings is 1. The zero-order valence-electron chi connectivity index (χ0n) is 17.8. The van der Waals surface area contributed by atoms with Gasteiger partial charge in [-0.15, -0.1) is 24.0 Å². The van der Waals surface area contributed by atoms with Crippen LogP contribution in [0.5, 0.6) is 0 Å². The van der Waals surface area contributed by atoms with Gasteiger partial charge in [0.2, 0.25) is 0 Å². The van der Waals surface area contributed by atoms with Gasteiger partial charge in [0, 0.05) is 58.7 Å². The molecule has 1 N–H and O–H groups in total. The van der Waals surface area contributed by atoms with Gasteiger partial charge in [-0.05, 0) is 42.2 Å². The number of alkyl halides is 3. The molecule has 0 aliphatic carbocycles. The first kappa shape index (κ1) is 25.4. The zero-order chi connectivity index (χ0) is 21.6. The summed E-state index contributed by atoms with van der Waals surface area (Å²) in [4.78, 5) is 12.9. The van der Waals surface area contributed by atoms with E-state index in [4.69, 9.17) is 0 Å². The van der Waals surface area contributed by atoms with E-state index in [9.17, 15) is 13.2 Å². The van der Waals surface area contributed by atoms with Crippen LogP contribution in [0.15, 0.2) is 47.7 Å². The van der Waals surface area contributed by atoms with Crippen LogP contribution in [0, 0.1) is 6.92 Å². The van der Waals surface area contributed by atoms with Crippen molar-refractivity contribution in [2.45, 2.75) is 26.1 Å². The van der Waals surface area contributed by atoms with Crippen LogP contribution in [0.1, 0.15) is 22.3 Å². The van der Waals surface area contributed by atoms with Crippen LogP contribution in [-0.4, -0.2) is 60.5 Å². The van der Waals surface area contributed by atoms with E-state index in [0.717, 1.165) is 51.2 Å². The van der Waals surface area contributed by atoms with Crippen molar-refractivity contribution in [3.05, 3.63) is 65.0 Å². The second-order valence-electron chi connectivity index (χ2n) is 7.49. The minimum atomic E-state index is -4.30. The second-order valence-corrected chi connectivity index (χ2v) is 7.49. The van der Waals surface area contributed by atoms with Crippen LogP contribution in [0.4, 0.5) is 13.2 Å². The lowest BCUT2D eigenvalue weighted by Gasteiger charge is -2.36. The number of benzene rings is 1. The van der Waals surface area contributed by atoms with Gasteiger partial charge in [0.25, 0.3) is 0 Å². The summed E-state index contributed by atoms with van der Waals surface area (Å²) in [7, 11) is 1.77. The molecule has 0 amide bonds. The highest BCUT2D eigenvalue weighted by molar-refractivity contribution is 14.0. The summed E-state index contributed by atoms with van der Waals surface area (Å²) >= 11 is 0. The van der Waals surface area contributed by atoms with Gasteiger partial charge < -0.3 is 10.2 Å². The predicted octanol–water partition coefficient (Wildman–Crippen LogP) is 3.96. The smallest absolute Gasteiger partial charge is 0.356 e. The molecular weight excluding hydrogens is 518 g/mol. The standard InChI is InChI=1S/C22H28F3N5.HI/c1-17-15-27-8-6-19(17)7-9-28-21(26-2)30-12-10-29(11-13-30)16-18-4-3-5-20(14-18)22(23,24)25;/h3-6,8,14-15H,7,9-13,16H2,1-2H3,(H,26,28);1H. The fraction of sp³-hybridized carbons (Fsp3) is 0.455. The number of aryl methyl sites for hydroxylation is 1. The molecule has 3 rings (SSSR count). The summed E-state index contributed by atoms with van der Waals surface area (Å²) in [6.45, 7) is 6.48. The number of aromatic nitrogens is 1. The molecule has 0 bridgehead atoms. The molecule has 9 heteroatoms. The second kappa shape index (κ2) is 11.7. The third-order valence-corrected chi connectivity index (χ3v) is 5.36. The Bertz CT molecular complexity index is 864. The predicted molar refractivity (Wildman–Crippen MR) is 128 cm³/mol. The van der Waals surface area contributed by atoms with E-state index in [0.29, 0.717) is 12.1 Å². The Hall–Kier alpha value is -1.88. The summed E-state index contributed by atoms with van der Waals surface area (Å²) in [6, 6.07) is 7.62. The molecule has 0 atom stereocenters. The maximum absolute atomic E-state index is 12.9. The number of hydrogen-bond acceptors (Lipinski definition) is 3. The molecule has 1 fully saturated rings. The molecule has 0 saturated carbocycles. The number of aliphatic imine (C=N–C) groups is 1. The van der Waals surface area contributed by atoms with Crippen molar-refractivity contribution in [1.29, 1.82) is 0 Å². The van der Waals surface area contributed by atoms with E-state index in [1.54, 1.807) is 19.3 Å². The van der Waals surface area contributed by atoms with Gasteiger partial charge in [-0.25, -0.2) is 0 Å². The normalized spacial score (nSPS) is 15.5. The Labute approximate surface area is 198 Å². The van der Waals surface area contributed by atoms with Crippen molar-refractivity contribution < 1.29 is 13.2 Å². The van der Waals surface area contributed by atoms with Crippen molar-refractivity contribution >= 4 is 29.9 Å². The topological polar surface area (TPSA) is 43.8 Å². The number of nitrogens with zero attached hydrogens (tertiary/aromatic N) is 4. The molecule has 170 valence electrons. The first-order chi connectivity index (χ1) is 14.4. The molecule has 1 aromatic heterocycles. The van der Waals surface area contributed by atoms with Crippen LogP contribution in [0.25, 0.3) is 0 Å². The number of guanidine groups is 1. The third kappa shape index (κ3) is 7.34. The van der Waals surface area contributed by atoms with Gasteiger partial charge >= 0.3 is 6.18 Å². The van der Waals surface area contributed by atoms with Gasteiger partial charge in [0.15, 0.2) is 5.96 Å². The lowest BCUT2D eigenvalue weighted by Crippen LogP contribution is -2.52. The van der Waals surface area contributed by atoms with Crippen molar-refractivity contribution in [3.8, 4) is 0 Å². The molecule has 1 aliphatic heterocycles. The molecule has 31 heavy (non-hydrogen) atoms. The Morgan fingerprint density at radius 3 is 2.55 bits per heavy atom. The van der Waals surface area contributed by atoms with E-state index in [2.05, 4.69) is 32.0 Å². The van der Waals surface area contributed by atoms with Crippen LogP contribution in [0.3, 0.4) is 0 Å². The van der Waals surface area contributed by atoms with E-state index in [1.807, 2.05) is 12.3 Å². The van der Waals surface area contributed by atoms with Crippen LogP contribution < -0.4 is 5.32 Å². The fourth-order valence-corrected chi connectivity index (χ4v) is 3.65. The largest absolute Gasteiger partial charge is 0.416 e. The molecular formula is C22H29F3IN5. The number of halogens is 4. The number of hydrogen-bond donors (Lipinski definition) is 1. The summed E-state index contributed by atoms with van der Waals surface area (Å²) in [6.07, 6.45) is 0.263. The van der Waals surface area contributed by atoms with Gasteiger partial charge in [-0.1, -0.05) is 18.2 Å². The molecule has 2 heterocycles. The molecule has 2 aromatic rings. The third-order valence-electron chi connectivity index (χ3n) is 5.36. The summed E-state index contributed by atoms with van der Waals surface area (Å²) in [5, 5.41) is 3.42. The van der Waals surface area contributed by atoms with Crippen LogP contribution in [0.2, 0.25) is 0 Å². The van der Waals surface area contributed by atoms with Crippen LogP contribution >= 0.6 is 24.0 Å². The first-order valence-electron chi connectivity index (χ1n) is 10.1. The van der Waals surface area contributed by atoms with Gasteiger partial charge in [0.05, 0.1) is 5.56 Å². The zero-order valence-corrected chi connectivity index (χ0v) is 20.2. The van der Waals surface area contributed by atoms with Crippen molar-refractivity contribution in [1.82, 2.24) is 20.1 Å². The highest BCUT2D eigenvalue weighted by Gasteiger charge is 2.30. The van der Waals surface area contributed by atoms with Gasteiger partial charge in [-0.3, -0.25) is 14.9 Å². The van der Waals surface area contributed by atoms with Crippen molar-refractivity contribution in [3.63, 3.8) is 0 Å². The molecule has 0 spiro atoms. The van der Waals surface area contributed by atoms with Crippen molar-refractivity contribution in [2.24, 2.45) is 4.99 Å². The highest BCUT2D eigenvalue weighted by atomic mass is 127. The summed E-state index contributed by atoms with van der Waals surface area (Å²) in [5.41, 5.74) is 2.54. The van der Waals surface area contributed by atoms with E-state index in [1.165, 1.54) is 23.3 Å². The Morgan fingerprint density at radius 1 is 1.16 bits per heavy atom. The average Bonchev–Trinajstić information content (AvgIpc) is 2.73. The molecule has 0 radical (unpaired) electrons. The number of nitrogens with one attached hydrogen (secondary N) is 1. The van der Waals surface area contributed by atoms with E-state index < -0.39 is 11.7 Å². The first-order valence-corrected chi connectivity index (χ1v) is 10.1. The quantitative estimate of drug-likeness (QED) is 0.350. The highest BCUT2D eigenvalue weighted by Crippen LogP contribution is 2.29. The average molecular weight is 547 g/mol. The number of piperazine rings is 1. The van der Waals surface area contributed by atoms with E-state index in [-0.39, 0.29) is 24.0 Å².